The summed E-state index contributed by atoms with van der Waals surface area (Å²) in [6.45, 7) is 1.90. The van der Waals surface area contributed by atoms with E-state index in [1.807, 2.05) is 6.92 Å². The van der Waals surface area contributed by atoms with Gasteiger partial charge < -0.3 is 5.11 Å². The first kappa shape index (κ1) is 12.6. The zero-order valence-corrected chi connectivity index (χ0v) is 10.1. The van der Waals surface area contributed by atoms with Gasteiger partial charge >= 0.3 is 5.97 Å². The van der Waals surface area contributed by atoms with Crippen molar-refractivity contribution in [3.63, 3.8) is 0 Å². The van der Waals surface area contributed by atoms with Gasteiger partial charge in [-0.1, -0.05) is 64.6 Å². The predicted molar refractivity (Wildman–Crippen MR) is 61.8 cm³/mol. The Kier molecular flexibility index (Phi) is 3.87. The molecule has 0 aromatic heterocycles. The molecule has 5 heteroatoms. The summed E-state index contributed by atoms with van der Waals surface area (Å²) in [5, 5.41) is 8.98. The Morgan fingerprint density at radius 3 is 2.07 bits per heavy atom. The average Bonchev–Trinajstić information content (AvgIpc) is 2.05. The Bertz CT molecular complexity index is 354. The maximum Gasteiger partial charge on any atom is 0.315 e. The monoisotopic (exact) mass is 266 g/mol. The molecule has 0 aliphatic carbocycles. The molecule has 0 heterocycles. The van der Waals surface area contributed by atoms with Crippen molar-refractivity contribution in [2.45, 2.75) is 16.6 Å². The molecule has 0 amide bonds. The Morgan fingerprint density at radius 1 is 1.27 bits per heavy atom. The number of hydrogen-bond donors (Lipinski definition) is 1. The number of halogens is 3. The molecular formula is C10H9Cl3O2. The van der Waals surface area contributed by atoms with E-state index in [1.54, 1.807) is 24.3 Å². The van der Waals surface area contributed by atoms with Gasteiger partial charge in [-0.25, -0.2) is 0 Å². The van der Waals surface area contributed by atoms with Crippen LogP contribution >= 0.6 is 34.8 Å². The molecule has 0 unspecified atom stereocenters. The molecule has 0 aliphatic rings. The second-order valence-electron chi connectivity index (χ2n) is 3.22. The summed E-state index contributed by atoms with van der Waals surface area (Å²) in [6.07, 6.45) is 0. The minimum atomic E-state index is -1.85. The summed E-state index contributed by atoms with van der Waals surface area (Å²) in [5.41, 5.74) is 1.50. The van der Waals surface area contributed by atoms with Crippen LogP contribution in [0.1, 0.15) is 17.0 Å². The van der Waals surface area contributed by atoms with Crippen LogP contribution in [0.5, 0.6) is 0 Å². The largest absolute Gasteiger partial charge is 0.481 e. The van der Waals surface area contributed by atoms with Gasteiger partial charge in [-0.2, -0.15) is 0 Å². The molecule has 82 valence electrons. The van der Waals surface area contributed by atoms with E-state index in [2.05, 4.69) is 0 Å². The first-order valence-electron chi connectivity index (χ1n) is 4.18. The van der Waals surface area contributed by atoms with E-state index >= 15 is 0 Å². The van der Waals surface area contributed by atoms with Gasteiger partial charge in [-0.05, 0) is 12.5 Å². The van der Waals surface area contributed by atoms with Gasteiger partial charge in [0.25, 0.3) is 0 Å². The van der Waals surface area contributed by atoms with E-state index in [-0.39, 0.29) is 0 Å². The summed E-state index contributed by atoms with van der Waals surface area (Å²) in [6, 6.07) is 6.86. The van der Waals surface area contributed by atoms with Gasteiger partial charge in [0, 0.05) is 0 Å². The molecule has 0 spiro atoms. The Labute approximate surface area is 103 Å². The van der Waals surface area contributed by atoms with Crippen molar-refractivity contribution in [1.82, 2.24) is 0 Å². The summed E-state index contributed by atoms with van der Waals surface area (Å²) in [7, 11) is 0. The van der Waals surface area contributed by atoms with Gasteiger partial charge in [-0.3, -0.25) is 4.79 Å². The molecule has 1 aromatic carbocycles. The molecule has 0 saturated carbocycles. The molecule has 0 fully saturated rings. The fourth-order valence-electron chi connectivity index (χ4n) is 1.23. The number of benzene rings is 1. The van der Waals surface area contributed by atoms with Crippen molar-refractivity contribution in [3.05, 3.63) is 35.4 Å². The number of carboxylic acids is 1. The Morgan fingerprint density at radius 2 is 1.73 bits per heavy atom. The molecule has 1 N–H and O–H groups in total. The number of carbonyl (C=O) groups is 1. The summed E-state index contributed by atoms with van der Waals surface area (Å²) in [4.78, 5) is 11.0. The minimum Gasteiger partial charge on any atom is -0.481 e. The normalized spacial score (nSPS) is 13.6. The summed E-state index contributed by atoms with van der Waals surface area (Å²) < 4.78 is -1.85. The highest BCUT2D eigenvalue weighted by Crippen LogP contribution is 2.41. The van der Waals surface area contributed by atoms with Gasteiger partial charge in [0.05, 0.1) is 0 Å². The predicted octanol–water partition coefficient (Wildman–Crippen LogP) is 3.53. The molecule has 0 saturated heterocycles. The third-order valence-corrected chi connectivity index (χ3v) is 2.64. The highest BCUT2D eigenvalue weighted by atomic mass is 35.6. The maximum absolute atomic E-state index is 11.0. The third kappa shape index (κ3) is 3.26. The van der Waals surface area contributed by atoms with Crippen LogP contribution in [0.2, 0.25) is 0 Å². The van der Waals surface area contributed by atoms with Crippen LogP contribution < -0.4 is 0 Å². The van der Waals surface area contributed by atoms with E-state index in [9.17, 15) is 4.79 Å². The van der Waals surface area contributed by atoms with E-state index in [1.165, 1.54) is 0 Å². The first-order chi connectivity index (χ1) is 6.82. The number of rotatable bonds is 2. The number of alkyl halides is 3. The number of aliphatic carboxylic acids is 1. The van der Waals surface area contributed by atoms with Crippen molar-refractivity contribution >= 4 is 40.8 Å². The summed E-state index contributed by atoms with van der Waals surface area (Å²) >= 11 is 16.9. The van der Waals surface area contributed by atoms with E-state index < -0.39 is 15.7 Å². The van der Waals surface area contributed by atoms with Crippen molar-refractivity contribution < 1.29 is 9.90 Å². The lowest BCUT2D eigenvalue weighted by atomic mass is 10.00. The quantitative estimate of drug-likeness (QED) is 0.832. The molecule has 0 bridgehead atoms. The fourth-order valence-corrected chi connectivity index (χ4v) is 1.89. The highest BCUT2D eigenvalue weighted by Gasteiger charge is 2.39. The molecule has 0 radical (unpaired) electrons. The maximum atomic E-state index is 11.0. The second-order valence-corrected chi connectivity index (χ2v) is 5.59. The first-order valence-corrected chi connectivity index (χ1v) is 5.32. The van der Waals surface area contributed by atoms with Gasteiger partial charge in [-0.15, -0.1) is 0 Å². The van der Waals surface area contributed by atoms with Crippen LogP contribution in [0, 0.1) is 6.92 Å². The summed E-state index contributed by atoms with van der Waals surface area (Å²) in [5.74, 6) is -2.30. The molecule has 0 aliphatic heterocycles. The van der Waals surface area contributed by atoms with E-state index in [4.69, 9.17) is 39.9 Å². The van der Waals surface area contributed by atoms with Crippen molar-refractivity contribution in [2.75, 3.05) is 0 Å². The molecule has 1 rings (SSSR count). The van der Waals surface area contributed by atoms with Crippen molar-refractivity contribution in [1.29, 1.82) is 0 Å². The molecule has 1 aromatic rings. The highest BCUT2D eigenvalue weighted by molar-refractivity contribution is 6.68. The standard InChI is InChI=1S/C10H9Cl3O2/c1-6-2-4-7(5-3-6)8(9(14)15)10(11,12)13/h2-5,8H,1H3,(H,14,15)/t8-/m1/s1. The third-order valence-electron chi connectivity index (χ3n) is 1.98. The van der Waals surface area contributed by atoms with Crippen LogP contribution in [-0.2, 0) is 4.79 Å². The lowest BCUT2D eigenvalue weighted by Gasteiger charge is -2.20. The van der Waals surface area contributed by atoms with Crippen LogP contribution in [0.25, 0.3) is 0 Å². The van der Waals surface area contributed by atoms with Crippen LogP contribution in [0.3, 0.4) is 0 Å². The Balaban J connectivity index is 3.11. The van der Waals surface area contributed by atoms with Crippen molar-refractivity contribution in [2.24, 2.45) is 0 Å². The number of hydrogen-bond acceptors (Lipinski definition) is 1. The van der Waals surface area contributed by atoms with Gasteiger partial charge in [0.1, 0.15) is 5.92 Å². The topological polar surface area (TPSA) is 37.3 Å². The van der Waals surface area contributed by atoms with E-state index in [0.717, 1.165) is 5.56 Å². The smallest absolute Gasteiger partial charge is 0.315 e. The molecule has 2 nitrogen and oxygen atoms in total. The number of carboxylic acid groups (broad SMARTS) is 1. The van der Waals surface area contributed by atoms with Crippen LogP contribution in [-0.4, -0.2) is 14.9 Å². The van der Waals surface area contributed by atoms with Crippen LogP contribution in [0.15, 0.2) is 24.3 Å². The molecule has 1 atom stereocenters. The Hall–Kier alpha value is -0.440. The van der Waals surface area contributed by atoms with Crippen LogP contribution in [0.4, 0.5) is 0 Å². The zero-order valence-electron chi connectivity index (χ0n) is 7.88. The van der Waals surface area contributed by atoms with Gasteiger partial charge in [0.2, 0.25) is 3.79 Å². The molecular weight excluding hydrogens is 258 g/mol. The van der Waals surface area contributed by atoms with Crippen molar-refractivity contribution in [3.8, 4) is 0 Å². The lowest BCUT2D eigenvalue weighted by molar-refractivity contribution is -0.138. The fraction of sp³-hybridized carbons (Fsp3) is 0.300. The molecule has 15 heavy (non-hydrogen) atoms. The zero-order chi connectivity index (χ0) is 11.6. The minimum absolute atomic E-state index is 0.480. The SMILES string of the molecule is Cc1ccc([C@H](C(=O)O)C(Cl)(Cl)Cl)cc1. The van der Waals surface area contributed by atoms with E-state index in [0.29, 0.717) is 5.56 Å². The number of aryl methyl sites for hydroxylation is 1. The average molecular weight is 268 g/mol. The van der Waals surface area contributed by atoms with Gasteiger partial charge in [0.15, 0.2) is 0 Å². The second kappa shape index (κ2) is 4.60. The lowest BCUT2D eigenvalue weighted by Crippen LogP contribution is -2.25.